The molecule has 22 heavy (non-hydrogen) atoms. The van der Waals surface area contributed by atoms with Crippen LogP contribution in [0.5, 0.6) is 0 Å². The van der Waals surface area contributed by atoms with Crippen LogP contribution in [0.25, 0.3) is 0 Å². The molecule has 0 atom stereocenters. The van der Waals surface area contributed by atoms with Crippen molar-refractivity contribution in [3.8, 4) is 6.07 Å². The highest BCUT2D eigenvalue weighted by molar-refractivity contribution is 5.68. The van der Waals surface area contributed by atoms with E-state index in [9.17, 15) is 4.79 Å². The summed E-state index contributed by atoms with van der Waals surface area (Å²) in [5, 5.41) is 15.2. The van der Waals surface area contributed by atoms with Crippen LogP contribution in [-0.4, -0.2) is 23.8 Å². The third-order valence-corrected chi connectivity index (χ3v) is 3.51. The lowest BCUT2D eigenvalue weighted by molar-refractivity contribution is 0.0465. The Morgan fingerprint density at radius 2 is 2.09 bits per heavy atom. The number of nitrogens with one attached hydrogen (secondary N) is 2. The Labute approximate surface area is 131 Å². The minimum atomic E-state index is -0.461. The van der Waals surface area contributed by atoms with Gasteiger partial charge in [-0.3, -0.25) is 0 Å². The van der Waals surface area contributed by atoms with Gasteiger partial charge in [0.15, 0.2) is 0 Å². The molecule has 1 saturated carbocycles. The molecule has 1 aliphatic carbocycles. The van der Waals surface area contributed by atoms with Crippen LogP contribution in [-0.2, 0) is 11.3 Å². The number of carbonyl (C=O) groups is 1. The van der Waals surface area contributed by atoms with E-state index in [0.29, 0.717) is 11.6 Å². The van der Waals surface area contributed by atoms with Crippen LogP contribution in [0, 0.1) is 11.3 Å². The molecule has 118 valence electrons. The van der Waals surface area contributed by atoms with E-state index in [1.165, 1.54) is 0 Å². The summed E-state index contributed by atoms with van der Waals surface area (Å²) in [6, 6.07) is 10.3. The quantitative estimate of drug-likeness (QED) is 0.896. The molecule has 1 aromatic carbocycles. The number of alkyl carbamates (subject to hydrolysis) is 1. The molecule has 0 radical (unpaired) electrons. The molecule has 0 bridgehead atoms. The Hall–Kier alpha value is -2.06. The highest BCUT2D eigenvalue weighted by Crippen LogP contribution is 2.21. The summed E-state index contributed by atoms with van der Waals surface area (Å²) < 4.78 is 5.23. The zero-order valence-corrected chi connectivity index (χ0v) is 13.3. The number of carbonyl (C=O) groups excluding carboxylic acids is 1. The molecule has 1 aliphatic rings. The second-order valence-corrected chi connectivity index (χ2v) is 6.70. The summed E-state index contributed by atoms with van der Waals surface area (Å²) in [6.45, 7) is 6.30. The standard InChI is InChI=1S/C17H23N3O2/c1-17(2,3)22-16(21)20-15-8-14(9-15)19-11-13-6-4-5-12(7-13)10-18/h4-7,14-15,19H,8-9,11H2,1-3H3,(H,20,21). The summed E-state index contributed by atoms with van der Waals surface area (Å²) in [4.78, 5) is 11.6. The van der Waals surface area contributed by atoms with Crippen molar-refractivity contribution in [2.75, 3.05) is 0 Å². The maximum Gasteiger partial charge on any atom is 0.407 e. The van der Waals surface area contributed by atoms with Gasteiger partial charge in [0.2, 0.25) is 0 Å². The molecule has 2 N–H and O–H groups in total. The van der Waals surface area contributed by atoms with Gasteiger partial charge in [-0.2, -0.15) is 5.26 Å². The van der Waals surface area contributed by atoms with Gasteiger partial charge in [-0.05, 0) is 51.3 Å². The molecular formula is C17H23N3O2. The fraction of sp³-hybridized carbons (Fsp3) is 0.529. The molecule has 5 nitrogen and oxygen atoms in total. The van der Waals surface area contributed by atoms with Crippen molar-refractivity contribution < 1.29 is 9.53 Å². The molecule has 1 amide bonds. The molecule has 0 aliphatic heterocycles. The van der Waals surface area contributed by atoms with E-state index in [0.717, 1.165) is 24.9 Å². The highest BCUT2D eigenvalue weighted by atomic mass is 16.6. The summed E-state index contributed by atoms with van der Waals surface area (Å²) in [5.41, 5.74) is 1.32. The second-order valence-electron chi connectivity index (χ2n) is 6.70. The van der Waals surface area contributed by atoms with E-state index in [-0.39, 0.29) is 12.1 Å². The third kappa shape index (κ3) is 5.05. The lowest BCUT2D eigenvalue weighted by Gasteiger charge is -2.36. The molecule has 2 rings (SSSR count). The fourth-order valence-electron chi connectivity index (χ4n) is 2.39. The Bertz CT molecular complexity index is 566. The van der Waals surface area contributed by atoms with Crippen LogP contribution in [0.4, 0.5) is 4.79 Å². The fourth-order valence-corrected chi connectivity index (χ4v) is 2.39. The average Bonchev–Trinajstić information content (AvgIpc) is 2.39. The number of rotatable bonds is 4. The smallest absolute Gasteiger partial charge is 0.407 e. The summed E-state index contributed by atoms with van der Waals surface area (Å²) >= 11 is 0. The molecular weight excluding hydrogens is 278 g/mol. The van der Waals surface area contributed by atoms with Crippen LogP contribution >= 0.6 is 0 Å². The molecule has 5 heteroatoms. The topological polar surface area (TPSA) is 74.2 Å². The molecule has 0 heterocycles. The average molecular weight is 301 g/mol. The SMILES string of the molecule is CC(C)(C)OC(=O)NC1CC(NCc2cccc(C#N)c2)C1. The van der Waals surface area contributed by atoms with Crippen molar-refractivity contribution in [1.82, 2.24) is 10.6 Å². The number of nitrogens with zero attached hydrogens (tertiary/aromatic N) is 1. The lowest BCUT2D eigenvalue weighted by atomic mass is 9.86. The van der Waals surface area contributed by atoms with Crippen LogP contribution in [0.15, 0.2) is 24.3 Å². The van der Waals surface area contributed by atoms with E-state index in [2.05, 4.69) is 16.7 Å². The van der Waals surface area contributed by atoms with Crippen LogP contribution < -0.4 is 10.6 Å². The number of benzene rings is 1. The van der Waals surface area contributed by atoms with Crippen molar-refractivity contribution >= 4 is 6.09 Å². The molecule has 0 spiro atoms. The third-order valence-electron chi connectivity index (χ3n) is 3.51. The van der Waals surface area contributed by atoms with Crippen LogP contribution in [0.1, 0.15) is 44.7 Å². The maximum absolute atomic E-state index is 11.6. The van der Waals surface area contributed by atoms with Gasteiger partial charge in [-0.15, -0.1) is 0 Å². The van der Waals surface area contributed by atoms with Gasteiger partial charge in [0.25, 0.3) is 0 Å². The van der Waals surface area contributed by atoms with E-state index in [1.807, 2.05) is 39.0 Å². The number of nitriles is 1. The zero-order valence-electron chi connectivity index (χ0n) is 13.3. The second kappa shape index (κ2) is 6.80. The van der Waals surface area contributed by atoms with E-state index < -0.39 is 5.60 Å². The van der Waals surface area contributed by atoms with Crippen molar-refractivity contribution in [3.63, 3.8) is 0 Å². The minimum absolute atomic E-state index is 0.179. The largest absolute Gasteiger partial charge is 0.444 e. The van der Waals surface area contributed by atoms with Gasteiger partial charge in [-0.1, -0.05) is 12.1 Å². The van der Waals surface area contributed by atoms with Crippen molar-refractivity contribution in [2.24, 2.45) is 0 Å². The number of amides is 1. The first-order chi connectivity index (χ1) is 10.4. The van der Waals surface area contributed by atoms with Gasteiger partial charge in [0, 0.05) is 18.6 Å². The molecule has 0 unspecified atom stereocenters. The van der Waals surface area contributed by atoms with Gasteiger partial charge >= 0.3 is 6.09 Å². The van der Waals surface area contributed by atoms with Crippen LogP contribution in [0.2, 0.25) is 0 Å². The van der Waals surface area contributed by atoms with Gasteiger partial charge in [0.05, 0.1) is 11.6 Å². The lowest BCUT2D eigenvalue weighted by Crippen LogP contribution is -2.52. The predicted octanol–water partition coefficient (Wildman–Crippen LogP) is 2.70. The first kappa shape index (κ1) is 16.3. The number of hydrogen-bond donors (Lipinski definition) is 2. The van der Waals surface area contributed by atoms with Gasteiger partial charge < -0.3 is 15.4 Å². The first-order valence-electron chi connectivity index (χ1n) is 7.57. The summed E-state index contributed by atoms with van der Waals surface area (Å²) in [6.07, 6.45) is 1.45. The number of hydrogen-bond acceptors (Lipinski definition) is 4. The zero-order chi connectivity index (χ0) is 16.2. The van der Waals surface area contributed by atoms with Crippen molar-refractivity contribution in [1.29, 1.82) is 5.26 Å². The van der Waals surface area contributed by atoms with Gasteiger partial charge in [0.1, 0.15) is 5.60 Å². The Kier molecular flexibility index (Phi) is 5.04. The normalized spacial score (nSPS) is 20.6. The summed E-state index contributed by atoms with van der Waals surface area (Å²) in [5.74, 6) is 0. The Morgan fingerprint density at radius 3 is 2.73 bits per heavy atom. The molecule has 1 aromatic rings. The molecule has 0 aromatic heterocycles. The van der Waals surface area contributed by atoms with Gasteiger partial charge in [-0.25, -0.2) is 4.79 Å². The first-order valence-corrected chi connectivity index (χ1v) is 7.57. The predicted molar refractivity (Wildman–Crippen MR) is 84.2 cm³/mol. The van der Waals surface area contributed by atoms with E-state index in [4.69, 9.17) is 10.00 Å². The molecule has 0 saturated heterocycles. The maximum atomic E-state index is 11.6. The van der Waals surface area contributed by atoms with E-state index in [1.54, 1.807) is 6.07 Å². The molecule has 1 fully saturated rings. The Balaban J connectivity index is 1.67. The number of ether oxygens (including phenoxy) is 1. The monoisotopic (exact) mass is 301 g/mol. The summed E-state index contributed by atoms with van der Waals surface area (Å²) in [7, 11) is 0. The minimum Gasteiger partial charge on any atom is -0.444 e. The highest BCUT2D eigenvalue weighted by Gasteiger charge is 2.31. The van der Waals surface area contributed by atoms with Crippen molar-refractivity contribution in [2.45, 2.75) is 57.8 Å². The van der Waals surface area contributed by atoms with E-state index >= 15 is 0 Å². The van der Waals surface area contributed by atoms with Crippen molar-refractivity contribution in [3.05, 3.63) is 35.4 Å². The van der Waals surface area contributed by atoms with Crippen LogP contribution in [0.3, 0.4) is 0 Å². The Morgan fingerprint density at radius 1 is 1.36 bits per heavy atom.